The van der Waals surface area contributed by atoms with E-state index in [1.807, 2.05) is 36.4 Å². The number of nitrogens with one attached hydrogen (secondary N) is 2. The van der Waals surface area contributed by atoms with Crippen LogP contribution in [-0.2, 0) is 15.1 Å². The Balaban J connectivity index is 1.48. The molecule has 3 aromatic carbocycles. The van der Waals surface area contributed by atoms with Gasteiger partial charge in [0, 0.05) is 5.56 Å². The number of carbonyl (C=O) groups excluding carboxylic acids is 3. The first-order chi connectivity index (χ1) is 15.6. The highest BCUT2D eigenvalue weighted by atomic mass is 16.5. The van der Waals surface area contributed by atoms with Crippen molar-refractivity contribution in [1.82, 2.24) is 15.8 Å². The molecule has 7 heteroatoms. The van der Waals surface area contributed by atoms with Gasteiger partial charge in [0.2, 0.25) is 0 Å². The van der Waals surface area contributed by atoms with Gasteiger partial charge in [-0.15, -0.1) is 0 Å². The zero-order chi connectivity index (χ0) is 22.1. The minimum absolute atomic E-state index is 0.0367. The molecule has 0 atom stereocenters. The van der Waals surface area contributed by atoms with Gasteiger partial charge in [-0.2, -0.15) is 5.01 Å². The van der Waals surface area contributed by atoms with Crippen molar-refractivity contribution in [2.75, 3.05) is 6.61 Å². The van der Waals surface area contributed by atoms with Crippen LogP contribution in [0.3, 0.4) is 0 Å². The number of rotatable bonds is 4. The first-order valence-corrected chi connectivity index (χ1v) is 10.1. The van der Waals surface area contributed by atoms with Crippen LogP contribution >= 0.6 is 0 Å². The summed E-state index contributed by atoms with van der Waals surface area (Å²) >= 11 is 0. The maximum atomic E-state index is 13.6. The van der Waals surface area contributed by atoms with Crippen LogP contribution in [0.25, 0.3) is 6.08 Å². The molecule has 3 aromatic rings. The summed E-state index contributed by atoms with van der Waals surface area (Å²) in [5, 5.41) is 3.54. The largest absolute Gasteiger partial charge is 0.488 e. The number of urea groups is 1. The van der Waals surface area contributed by atoms with Gasteiger partial charge in [0.1, 0.15) is 12.4 Å². The monoisotopic (exact) mass is 425 g/mol. The van der Waals surface area contributed by atoms with Crippen LogP contribution in [0, 0.1) is 0 Å². The lowest BCUT2D eigenvalue weighted by atomic mass is 9.83. The van der Waals surface area contributed by atoms with E-state index in [1.165, 1.54) is 0 Å². The molecule has 1 fully saturated rings. The number of para-hydroxylation sites is 1. The van der Waals surface area contributed by atoms with E-state index in [9.17, 15) is 14.4 Å². The van der Waals surface area contributed by atoms with E-state index in [1.54, 1.807) is 54.6 Å². The van der Waals surface area contributed by atoms with Crippen molar-refractivity contribution >= 4 is 23.9 Å². The van der Waals surface area contributed by atoms with Crippen molar-refractivity contribution in [3.8, 4) is 5.75 Å². The molecule has 1 saturated heterocycles. The Kier molecular flexibility index (Phi) is 4.71. The number of ether oxygens (including phenoxy) is 1. The summed E-state index contributed by atoms with van der Waals surface area (Å²) in [4.78, 5) is 39.4. The molecule has 0 aromatic heterocycles. The third-order valence-corrected chi connectivity index (χ3v) is 5.57. The van der Waals surface area contributed by atoms with Crippen LogP contribution in [0.15, 0.2) is 90.5 Å². The van der Waals surface area contributed by atoms with Crippen molar-refractivity contribution < 1.29 is 19.1 Å². The molecular formula is C25H19N3O4. The Bertz CT molecular complexity index is 1200. The van der Waals surface area contributed by atoms with Gasteiger partial charge in [-0.25, -0.2) is 4.79 Å². The van der Waals surface area contributed by atoms with Crippen molar-refractivity contribution in [3.05, 3.63) is 107 Å². The Morgan fingerprint density at radius 1 is 0.875 bits per heavy atom. The number of hydrazine groups is 1. The quantitative estimate of drug-likeness (QED) is 0.629. The molecule has 2 aliphatic heterocycles. The van der Waals surface area contributed by atoms with Gasteiger partial charge in [0.15, 0.2) is 5.54 Å². The molecule has 0 unspecified atom stereocenters. The summed E-state index contributed by atoms with van der Waals surface area (Å²) in [6.07, 6.45) is 1.69. The number of amides is 4. The number of nitrogens with zero attached hydrogens (tertiary/aromatic N) is 1. The summed E-state index contributed by atoms with van der Waals surface area (Å²) in [6, 6.07) is 24.5. The van der Waals surface area contributed by atoms with Crippen molar-refractivity contribution in [3.63, 3.8) is 0 Å². The summed E-state index contributed by atoms with van der Waals surface area (Å²) < 4.78 is 5.62. The molecule has 0 aliphatic carbocycles. The van der Waals surface area contributed by atoms with Gasteiger partial charge in [-0.1, -0.05) is 78.9 Å². The highest BCUT2D eigenvalue weighted by Gasteiger charge is 2.54. The smallest absolute Gasteiger partial charge is 0.344 e. The van der Waals surface area contributed by atoms with Crippen LogP contribution in [0.1, 0.15) is 16.7 Å². The van der Waals surface area contributed by atoms with Gasteiger partial charge in [-0.05, 0) is 23.3 Å². The molecule has 0 saturated carbocycles. The molecule has 0 radical (unpaired) electrons. The Labute approximate surface area is 184 Å². The highest BCUT2D eigenvalue weighted by molar-refractivity contribution is 6.11. The number of benzene rings is 3. The predicted octanol–water partition coefficient (Wildman–Crippen LogP) is 2.99. The van der Waals surface area contributed by atoms with E-state index in [-0.39, 0.29) is 6.61 Å². The van der Waals surface area contributed by atoms with Gasteiger partial charge in [0.25, 0.3) is 11.8 Å². The fourth-order valence-corrected chi connectivity index (χ4v) is 3.99. The lowest BCUT2D eigenvalue weighted by Crippen LogP contribution is -2.49. The van der Waals surface area contributed by atoms with Crippen LogP contribution in [0.2, 0.25) is 0 Å². The molecular weight excluding hydrogens is 406 g/mol. The van der Waals surface area contributed by atoms with Gasteiger partial charge >= 0.3 is 6.03 Å². The van der Waals surface area contributed by atoms with Crippen molar-refractivity contribution in [1.29, 1.82) is 0 Å². The number of imide groups is 1. The minimum atomic E-state index is -1.45. The SMILES string of the molecule is O=C(NN1C(=O)NC(c2ccccc2)(c2ccccc2)C1=O)C1=Cc2ccccc2OC1. The Hall–Kier alpha value is -4.39. The molecule has 2 heterocycles. The van der Waals surface area contributed by atoms with Crippen LogP contribution in [-0.4, -0.2) is 29.5 Å². The molecule has 7 nitrogen and oxygen atoms in total. The molecule has 158 valence electrons. The third kappa shape index (κ3) is 3.11. The van der Waals surface area contributed by atoms with Gasteiger partial charge in [0.05, 0.1) is 5.57 Å². The highest BCUT2D eigenvalue weighted by Crippen LogP contribution is 2.35. The molecule has 4 amide bonds. The topological polar surface area (TPSA) is 87.7 Å². The fourth-order valence-electron chi connectivity index (χ4n) is 3.99. The van der Waals surface area contributed by atoms with Gasteiger partial charge < -0.3 is 10.1 Å². The average Bonchev–Trinajstić information content (AvgIpc) is 3.10. The maximum absolute atomic E-state index is 13.6. The Morgan fingerprint density at radius 3 is 2.12 bits per heavy atom. The molecule has 0 bridgehead atoms. The maximum Gasteiger partial charge on any atom is 0.344 e. The standard InChI is InChI=1S/C25H19N3O4/c29-22(18-15-17-9-7-8-14-21(17)32-16-18)27-28-23(30)25(26-24(28)31,19-10-3-1-4-11-19)20-12-5-2-6-13-20/h1-15H,16H2,(H,26,31)(H,27,29). The summed E-state index contributed by atoms with van der Waals surface area (Å²) in [5.41, 5.74) is 3.26. The van der Waals surface area contributed by atoms with E-state index < -0.39 is 23.4 Å². The normalized spacial score (nSPS) is 16.5. The molecule has 2 N–H and O–H groups in total. The minimum Gasteiger partial charge on any atom is -0.488 e. The first kappa shape index (κ1) is 19.6. The zero-order valence-electron chi connectivity index (χ0n) is 16.9. The average molecular weight is 425 g/mol. The second kappa shape index (κ2) is 7.70. The van der Waals surface area contributed by atoms with E-state index in [4.69, 9.17) is 4.74 Å². The number of carbonyl (C=O) groups is 3. The number of hydrogen-bond acceptors (Lipinski definition) is 4. The summed E-state index contributed by atoms with van der Waals surface area (Å²) in [5.74, 6) is -0.503. The third-order valence-electron chi connectivity index (χ3n) is 5.57. The molecule has 0 spiro atoms. The molecule has 2 aliphatic rings. The van der Waals surface area contributed by atoms with E-state index in [0.717, 1.165) is 10.6 Å². The Morgan fingerprint density at radius 2 is 1.47 bits per heavy atom. The first-order valence-electron chi connectivity index (χ1n) is 10.1. The fraction of sp³-hybridized carbons (Fsp3) is 0.0800. The summed E-state index contributed by atoms with van der Waals surface area (Å²) in [6.45, 7) is 0.0367. The predicted molar refractivity (Wildman–Crippen MR) is 117 cm³/mol. The molecule has 5 rings (SSSR count). The second-order valence-corrected chi connectivity index (χ2v) is 7.49. The number of hydrogen-bond donors (Lipinski definition) is 2. The number of fused-ring (bicyclic) bond motifs is 1. The van der Waals surface area contributed by atoms with Crippen molar-refractivity contribution in [2.45, 2.75) is 5.54 Å². The lowest BCUT2D eigenvalue weighted by Gasteiger charge is -2.28. The zero-order valence-corrected chi connectivity index (χ0v) is 16.9. The van der Waals surface area contributed by atoms with Gasteiger partial charge in [-0.3, -0.25) is 15.0 Å². The van der Waals surface area contributed by atoms with E-state index in [0.29, 0.717) is 22.4 Å². The van der Waals surface area contributed by atoms with E-state index in [2.05, 4.69) is 10.7 Å². The molecule has 32 heavy (non-hydrogen) atoms. The van der Waals surface area contributed by atoms with Crippen LogP contribution in [0.5, 0.6) is 5.75 Å². The second-order valence-electron chi connectivity index (χ2n) is 7.49. The lowest BCUT2D eigenvalue weighted by molar-refractivity contribution is -0.137. The van der Waals surface area contributed by atoms with Crippen LogP contribution in [0.4, 0.5) is 4.79 Å². The summed E-state index contributed by atoms with van der Waals surface area (Å²) in [7, 11) is 0. The van der Waals surface area contributed by atoms with E-state index >= 15 is 0 Å². The van der Waals surface area contributed by atoms with Crippen molar-refractivity contribution in [2.24, 2.45) is 0 Å². The van der Waals surface area contributed by atoms with Crippen LogP contribution < -0.4 is 15.5 Å².